The number of halogens is 1. The van der Waals surface area contributed by atoms with Crippen LogP contribution in [-0.2, 0) is 4.79 Å². The van der Waals surface area contributed by atoms with Crippen LogP contribution in [0.25, 0.3) is 0 Å². The van der Waals surface area contributed by atoms with Gasteiger partial charge in [0.15, 0.2) is 0 Å². The minimum atomic E-state index is -0.463. The van der Waals surface area contributed by atoms with Gasteiger partial charge in [-0.3, -0.25) is 14.9 Å². The van der Waals surface area contributed by atoms with E-state index in [1.165, 1.54) is 47.4 Å². The summed E-state index contributed by atoms with van der Waals surface area (Å²) < 4.78 is 13.2. The van der Waals surface area contributed by atoms with E-state index in [-0.39, 0.29) is 29.2 Å². The smallest absolute Gasteiger partial charge is 0.269 e. The van der Waals surface area contributed by atoms with Crippen molar-refractivity contribution in [3.8, 4) is 0 Å². The van der Waals surface area contributed by atoms with E-state index in [9.17, 15) is 19.3 Å². The van der Waals surface area contributed by atoms with Crippen LogP contribution in [0.1, 0.15) is 16.5 Å². The van der Waals surface area contributed by atoms with Gasteiger partial charge in [0.25, 0.3) is 5.69 Å². The molecule has 0 fully saturated rings. The SMILES string of the molecule is O=C(CSc1ccc([N+](=O)[O-])cc1)NC(c1ccc(F)cc1)c1cccs1. The van der Waals surface area contributed by atoms with Crippen LogP contribution in [0.4, 0.5) is 10.1 Å². The molecule has 0 aliphatic carbocycles. The van der Waals surface area contributed by atoms with Gasteiger partial charge >= 0.3 is 0 Å². The minimum absolute atomic E-state index is 0.0119. The summed E-state index contributed by atoms with van der Waals surface area (Å²) in [5.74, 6) is -0.342. The van der Waals surface area contributed by atoms with Crippen molar-refractivity contribution in [2.75, 3.05) is 5.75 Å². The largest absolute Gasteiger partial charge is 0.344 e. The van der Waals surface area contributed by atoms with Crippen LogP contribution >= 0.6 is 23.1 Å². The fourth-order valence-electron chi connectivity index (χ4n) is 2.45. The molecular formula is C19H15FN2O3S2. The number of thioether (sulfide) groups is 1. The normalized spacial score (nSPS) is 11.7. The first-order chi connectivity index (χ1) is 13.0. The quantitative estimate of drug-likeness (QED) is 0.350. The minimum Gasteiger partial charge on any atom is -0.344 e. The molecule has 0 saturated carbocycles. The monoisotopic (exact) mass is 402 g/mol. The molecule has 3 rings (SSSR count). The molecule has 138 valence electrons. The first-order valence-corrected chi connectivity index (χ1v) is 9.85. The number of carbonyl (C=O) groups is 1. The lowest BCUT2D eigenvalue weighted by Gasteiger charge is -2.18. The number of thiophene rings is 1. The number of nitro benzene ring substituents is 1. The summed E-state index contributed by atoms with van der Waals surface area (Å²) in [7, 11) is 0. The van der Waals surface area contributed by atoms with Crippen molar-refractivity contribution in [1.82, 2.24) is 5.32 Å². The molecule has 0 radical (unpaired) electrons. The highest BCUT2D eigenvalue weighted by Crippen LogP contribution is 2.27. The first kappa shape index (κ1) is 19.1. The Bertz CT molecular complexity index is 913. The summed E-state index contributed by atoms with van der Waals surface area (Å²) in [6.07, 6.45) is 0. The molecule has 27 heavy (non-hydrogen) atoms. The summed E-state index contributed by atoms with van der Waals surface area (Å²) in [5.41, 5.74) is 0.811. The average Bonchev–Trinajstić information content (AvgIpc) is 3.20. The molecule has 1 unspecified atom stereocenters. The van der Waals surface area contributed by atoms with Gasteiger partial charge in [-0.15, -0.1) is 23.1 Å². The Balaban J connectivity index is 1.66. The van der Waals surface area contributed by atoms with E-state index in [4.69, 9.17) is 0 Å². The van der Waals surface area contributed by atoms with E-state index in [0.717, 1.165) is 15.3 Å². The number of carbonyl (C=O) groups excluding carboxylic acids is 1. The number of amides is 1. The van der Waals surface area contributed by atoms with Crippen molar-refractivity contribution in [2.45, 2.75) is 10.9 Å². The molecule has 1 atom stereocenters. The van der Waals surface area contributed by atoms with Crippen molar-refractivity contribution in [3.63, 3.8) is 0 Å². The highest BCUT2D eigenvalue weighted by molar-refractivity contribution is 8.00. The topological polar surface area (TPSA) is 72.2 Å². The first-order valence-electron chi connectivity index (χ1n) is 7.98. The predicted octanol–water partition coefficient (Wildman–Crippen LogP) is 4.79. The molecule has 3 aromatic rings. The second-order valence-electron chi connectivity index (χ2n) is 5.61. The fourth-order valence-corrected chi connectivity index (χ4v) is 3.96. The number of nitro groups is 1. The van der Waals surface area contributed by atoms with Crippen LogP contribution in [-0.4, -0.2) is 16.6 Å². The summed E-state index contributed by atoms with van der Waals surface area (Å²) in [6.45, 7) is 0. The molecule has 1 heterocycles. The lowest BCUT2D eigenvalue weighted by molar-refractivity contribution is -0.384. The van der Waals surface area contributed by atoms with Gasteiger partial charge in [0.05, 0.1) is 16.7 Å². The highest BCUT2D eigenvalue weighted by Gasteiger charge is 2.18. The molecule has 0 bridgehead atoms. The maximum absolute atomic E-state index is 13.2. The van der Waals surface area contributed by atoms with E-state index in [1.807, 2.05) is 17.5 Å². The Morgan fingerprint density at radius 3 is 2.44 bits per heavy atom. The van der Waals surface area contributed by atoms with Gasteiger partial charge < -0.3 is 5.32 Å². The molecule has 5 nitrogen and oxygen atoms in total. The van der Waals surface area contributed by atoms with Crippen LogP contribution < -0.4 is 5.32 Å². The van der Waals surface area contributed by atoms with Gasteiger partial charge in [-0.25, -0.2) is 4.39 Å². The highest BCUT2D eigenvalue weighted by atomic mass is 32.2. The van der Waals surface area contributed by atoms with Crippen molar-refractivity contribution >= 4 is 34.7 Å². The maximum atomic E-state index is 13.2. The zero-order chi connectivity index (χ0) is 19.2. The van der Waals surface area contributed by atoms with Crippen molar-refractivity contribution in [1.29, 1.82) is 0 Å². The molecular weight excluding hydrogens is 387 g/mol. The summed E-state index contributed by atoms with van der Waals surface area (Å²) in [5, 5.41) is 15.6. The Labute approximate surface area is 163 Å². The van der Waals surface area contributed by atoms with Crippen LogP contribution in [0.2, 0.25) is 0 Å². The second kappa shape index (κ2) is 8.79. The van der Waals surface area contributed by atoms with E-state index in [1.54, 1.807) is 24.3 Å². The van der Waals surface area contributed by atoms with Crippen molar-refractivity contribution in [2.24, 2.45) is 0 Å². The molecule has 1 aromatic heterocycles. The summed E-state index contributed by atoms with van der Waals surface area (Å²) >= 11 is 2.81. The molecule has 0 saturated heterocycles. The van der Waals surface area contributed by atoms with Crippen LogP contribution in [0, 0.1) is 15.9 Å². The van der Waals surface area contributed by atoms with Crippen LogP contribution in [0.15, 0.2) is 70.9 Å². The van der Waals surface area contributed by atoms with Crippen molar-refractivity contribution < 1.29 is 14.1 Å². The van der Waals surface area contributed by atoms with E-state index < -0.39 is 4.92 Å². The van der Waals surface area contributed by atoms with Gasteiger partial charge in [-0.2, -0.15) is 0 Å². The summed E-state index contributed by atoms with van der Waals surface area (Å²) in [6, 6.07) is 15.6. The summed E-state index contributed by atoms with van der Waals surface area (Å²) in [4.78, 5) is 24.4. The molecule has 0 aliphatic rings. The number of nitrogens with one attached hydrogen (secondary N) is 1. The Kier molecular flexibility index (Phi) is 6.20. The van der Waals surface area contributed by atoms with Gasteiger partial charge in [0.1, 0.15) is 5.82 Å². The molecule has 1 amide bonds. The fraction of sp³-hybridized carbons (Fsp3) is 0.105. The number of non-ortho nitro benzene ring substituents is 1. The Morgan fingerprint density at radius 2 is 1.85 bits per heavy atom. The Morgan fingerprint density at radius 1 is 1.15 bits per heavy atom. The maximum Gasteiger partial charge on any atom is 0.269 e. The third-order valence-electron chi connectivity index (χ3n) is 3.75. The third-order valence-corrected chi connectivity index (χ3v) is 5.70. The number of nitrogens with zero attached hydrogens (tertiary/aromatic N) is 1. The predicted molar refractivity (Wildman–Crippen MR) is 105 cm³/mol. The number of benzene rings is 2. The molecule has 0 aliphatic heterocycles. The number of hydrogen-bond donors (Lipinski definition) is 1. The number of hydrogen-bond acceptors (Lipinski definition) is 5. The molecule has 2 aromatic carbocycles. The standard InChI is InChI=1S/C19H15FN2O3S2/c20-14-5-3-13(4-6-14)19(17-2-1-11-26-17)21-18(23)12-27-16-9-7-15(8-10-16)22(24)25/h1-11,19H,12H2,(H,21,23). The van der Waals surface area contributed by atoms with Gasteiger partial charge in [0, 0.05) is 21.9 Å². The molecule has 0 spiro atoms. The average molecular weight is 402 g/mol. The van der Waals surface area contributed by atoms with Crippen LogP contribution in [0.3, 0.4) is 0 Å². The third kappa shape index (κ3) is 5.15. The lowest BCUT2D eigenvalue weighted by atomic mass is 10.1. The second-order valence-corrected chi connectivity index (χ2v) is 7.64. The number of rotatable bonds is 7. The van der Waals surface area contributed by atoms with Crippen LogP contribution in [0.5, 0.6) is 0 Å². The Hall–Kier alpha value is -2.71. The van der Waals surface area contributed by atoms with Gasteiger partial charge in [-0.1, -0.05) is 18.2 Å². The van der Waals surface area contributed by atoms with Gasteiger partial charge in [-0.05, 0) is 41.3 Å². The zero-order valence-corrected chi connectivity index (χ0v) is 15.6. The molecule has 8 heteroatoms. The van der Waals surface area contributed by atoms with Crippen molar-refractivity contribution in [3.05, 3.63) is 92.4 Å². The zero-order valence-electron chi connectivity index (χ0n) is 14.0. The van der Waals surface area contributed by atoms with E-state index >= 15 is 0 Å². The van der Waals surface area contributed by atoms with Gasteiger partial charge in [0.2, 0.25) is 5.91 Å². The lowest BCUT2D eigenvalue weighted by Crippen LogP contribution is -2.30. The van der Waals surface area contributed by atoms with E-state index in [0.29, 0.717) is 0 Å². The van der Waals surface area contributed by atoms with E-state index in [2.05, 4.69) is 5.32 Å². The molecule has 1 N–H and O–H groups in total.